The molecule has 2 heteroatoms. The van der Waals surface area contributed by atoms with E-state index in [1.165, 1.54) is 51.4 Å². The van der Waals surface area contributed by atoms with Crippen LogP contribution in [0.3, 0.4) is 0 Å². The van der Waals surface area contributed by atoms with Gasteiger partial charge in [0.05, 0.1) is 6.10 Å². The Kier molecular flexibility index (Phi) is 10.5. The lowest BCUT2D eigenvalue weighted by molar-refractivity contribution is -0.121. The van der Waals surface area contributed by atoms with Gasteiger partial charge in [-0.05, 0) is 19.3 Å². The molecule has 1 aliphatic rings. The van der Waals surface area contributed by atoms with Gasteiger partial charge in [-0.2, -0.15) is 0 Å². The van der Waals surface area contributed by atoms with E-state index in [1.54, 1.807) is 0 Å². The molecule has 0 aromatic rings. The van der Waals surface area contributed by atoms with Crippen molar-refractivity contribution in [2.75, 3.05) is 0 Å². The van der Waals surface area contributed by atoms with E-state index in [4.69, 9.17) is 0 Å². The Bertz CT molecular complexity index is 322. The van der Waals surface area contributed by atoms with E-state index < -0.39 is 6.10 Å². The first kappa shape index (κ1) is 19.4. The molecule has 0 radical (unpaired) electrons. The number of hydrogen-bond acceptors (Lipinski definition) is 2. The fraction of sp³-hybridized carbons (Fsp3) is 0.850. The van der Waals surface area contributed by atoms with Gasteiger partial charge in [0.1, 0.15) is 5.78 Å². The average molecular weight is 309 g/mol. The summed E-state index contributed by atoms with van der Waals surface area (Å²) >= 11 is 0. The standard InChI is InChI=1S/C20H36O2/c1-3-5-7-9-11-13-15-18-17(19(21)16-20(18)22)14-12-10-8-6-4-2/h13,15,17-18,20,22H,3-12,14,16H2,1-2H3/b15-13+/t17-,18-,20-/m1/s1. The molecular weight excluding hydrogens is 272 g/mol. The quantitative estimate of drug-likeness (QED) is 0.385. The van der Waals surface area contributed by atoms with Crippen LogP contribution in [0.5, 0.6) is 0 Å². The Hall–Kier alpha value is -0.630. The minimum absolute atomic E-state index is 0.0727. The maximum Gasteiger partial charge on any atom is 0.139 e. The molecule has 0 bridgehead atoms. The molecule has 0 aromatic carbocycles. The van der Waals surface area contributed by atoms with Crippen LogP contribution in [0.25, 0.3) is 0 Å². The molecule has 2 nitrogen and oxygen atoms in total. The van der Waals surface area contributed by atoms with Gasteiger partial charge in [-0.15, -0.1) is 0 Å². The number of Topliss-reactive ketones (excluding diaryl/α,β-unsaturated/α-hetero) is 1. The van der Waals surface area contributed by atoms with E-state index >= 15 is 0 Å². The number of allylic oxidation sites excluding steroid dienone is 1. The van der Waals surface area contributed by atoms with Gasteiger partial charge in [0.25, 0.3) is 0 Å². The van der Waals surface area contributed by atoms with Gasteiger partial charge >= 0.3 is 0 Å². The van der Waals surface area contributed by atoms with Crippen LogP contribution in [0.4, 0.5) is 0 Å². The number of ketones is 1. The van der Waals surface area contributed by atoms with Crippen molar-refractivity contribution in [3.05, 3.63) is 12.2 Å². The summed E-state index contributed by atoms with van der Waals surface area (Å²) in [5.41, 5.74) is 0. The van der Waals surface area contributed by atoms with E-state index in [0.717, 1.165) is 19.3 Å². The first-order valence-electron chi connectivity index (χ1n) is 9.58. The Balaban J connectivity index is 2.33. The van der Waals surface area contributed by atoms with Gasteiger partial charge in [-0.25, -0.2) is 0 Å². The van der Waals surface area contributed by atoms with E-state index in [2.05, 4.69) is 26.0 Å². The van der Waals surface area contributed by atoms with Crippen LogP contribution in [0.15, 0.2) is 12.2 Å². The van der Waals surface area contributed by atoms with Crippen LogP contribution in [-0.4, -0.2) is 17.0 Å². The van der Waals surface area contributed by atoms with Crippen LogP contribution < -0.4 is 0 Å². The fourth-order valence-electron chi connectivity index (χ4n) is 3.50. The molecule has 0 unspecified atom stereocenters. The van der Waals surface area contributed by atoms with E-state index in [9.17, 15) is 9.90 Å². The largest absolute Gasteiger partial charge is 0.392 e. The molecule has 1 saturated carbocycles. The predicted octanol–water partition coefficient (Wildman–Crippen LogP) is 5.44. The zero-order chi connectivity index (χ0) is 16.2. The highest BCUT2D eigenvalue weighted by molar-refractivity contribution is 5.84. The molecule has 1 aliphatic carbocycles. The molecule has 1 N–H and O–H groups in total. The van der Waals surface area contributed by atoms with E-state index in [-0.39, 0.29) is 17.6 Å². The minimum Gasteiger partial charge on any atom is -0.392 e. The normalized spacial score (nSPS) is 25.4. The summed E-state index contributed by atoms with van der Waals surface area (Å²) in [5.74, 6) is 0.428. The van der Waals surface area contributed by atoms with Gasteiger partial charge in [0.2, 0.25) is 0 Å². The van der Waals surface area contributed by atoms with Crippen molar-refractivity contribution in [3.8, 4) is 0 Å². The van der Waals surface area contributed by atoms with Crippen LogP contribution in [0.2, 0.25) is 0 Å². The Morgan fingerprint density at radius 3 is 2.32 bits per heavy atom. The van der Waals surface area contributed by atoms with Crippen molar-refractivity contribution in [3.63, 3.8) is 0 Å². The summed E-state index contributed by atoms with van der Waals surface area (Å²) in [5, 5.41) is 10.1. The molecule has 0 heterocycles. The summed E-state index contributed by atoms with van der Waals surface area (Å²) in [7, 11) is 0. The molecule has 0 amide bonds. The topological polar surface area (TPSA) is 37.3 Å². The third kappa shape index (κ3) is 7.09. The van der Waals surface area contributed by atoms with Gasteiger partial charge in [-0.1, -0.05) is 77.4 Å². The average Bonchev–Trinajstić information content (AvgIpc) is 2.77. The highest BCUT2D eigenvalue weighted by atomic mass is 16.3. The van der Waals surface area contributed by atoms with Gasteiger partial charge in [-0.3, -0.25) is 4.79 Å². The number of aliphatic hydroxyl groups is 1. The molecule has 22 heavy (non-hydrogen) atoms. The molecule has 0 aliphatic heterocycles. The first-order chi connectivity index (χ1) is 10.7. The summed E-state index contributed by atoms with van der Waals surface area (Å²) in [6.45, 7) is 4.44. The summed E-state index contributed by atoms with van der Waals surface area (Å²) in [6.07, 6.45) is 17.6. The van der Waals surface area contributed by atoms with Crippen LogP contribution >= 0.6 is 0 Å². The number of carbonyl (C=O) groups is 1. The Morgan fingerprint density at radius 1 is 1.00 bits per heavy atom. The van der Waals surface area contributed by atoms with Crippen molar-refractivity contribution < 1.29 is 9.90 Å². The molecule has 128 valence electrons. The Morgan fingerprint density at radius 2 is 1.64 bits per heavy atom. The monoisotopic (exact) mass is 308 g/mol. The lowest BCUT2D eigenvalue weighted by atomic mass is 9.88. The number of unbranched alkanes of at least 4 members (excludes halogenated alkanes) is 8. The van der Waals surface area contributed by atoms with E-state index in [0.29, 0.717) is 6.42 Å². The van der Waals surface area contributed by atoms with Crippen molar-refractivity contribution in [1.29, 1.82) is 0 Å². The third-order valence-electron chi connectivity index (χ3n) is 4.93. The third-order valence-corrected chi connectivity index (χ3v) is 4.93. The first-order valence-corrected chi connectivity index (χ1v) is 9.58. The number of rotatable bonds is 12. The Labute approximate surface area is 137 Å². The number of hydrogen-bond donors (Lipinski definition) is 1. The van der Waals surface area contributed by atoms with Crippen LogP contribution in [0.1, 0.15) is 90.9 Å². The van der Waals surface area contributed by atoms with Gasteiger partial charge in [0.15, 0.2) is 0 Å². The molecule has 3 atom stereocenters. The highest BCUT2D eigenvalue weighted by Crippen LogP contribution is 2.34. The van der Waals surface area contributed by atoms with Crippen molar-refractivity contribution >= 4 is 5.78 Å². The second-order valence-corrected chi connectivity index (χ2v) is 6.90. The molecule has 0 spiro atoms. The zero-order valence-corrected chi connectivity index (χ0v) is 14.7. The molecular formula is C20H36O2. The molecule has 0 saturated heterocycles. The summed E-state index contributed by atoms with van der Waals surface area (Å²) in [6, 6.07) is 0. The molecule has 1 fully saturated rings. The summed E-state index contributed by atoms with van der Waals surface area (Å²) in [4.78, 5) is 12.1. The second-order valence-electron chi connectivity index (χ2n) is 6.90. The summed E-state index contributed by atoms with van der Waals surface area (Å²) < 4.78 is 0. The highest BCUT2D eigenvalue weighted by Gasteiger charge is 2.39. The fourth-order valence-corrected chi connectivity index (χ4v) is 3.50. The van der Waals surface area contributed by atoms with Gasteiger partial charge in [0, 0.05) is 18.3 Å². The predicted molar refractivity (Wildman–Crippen MR) is 93.9 cm³/mol. The smallest absolute Gasteiger partial charge is 0.139 e. The molecule has 1 rings (SSSR count). The molecule has 0 aromatic heterocycles. The lowest BCUT2D eigenvalue weighted by Gasteiger charge is -2.17. The van der Waals surface area contributed by atoms with Gasteiger partial charge < -0.3 is 5.11 Å². The van der Waals surface area contributed by atoms with Crippen LogP contribution in [0, 0.1) is 11.8 Å². The second kappa shape index (κ2) is 11.9. The number of aliphatic hydroxyl groups excluding tert-OH is 1. The van der Waals surface area contributed by atoms with Crippen molar-refractivity contribution in [1.82, 2.24) is 0 Å². The van der Waals surface area contributed by atoms with Crippen molar-refractivity contribution in [2.24, 2.45) is 11.8 Å². The minimum atomic E-state index is -0.444. The lowest BCUT2D eigenvalue weighted by Crippen LogP contribution is -2.18. The SMILES string of the molecule is CCCCCC/C=C/[C@H]1[C@H](O)CC(=O)[C@@H]1CCCCCCC. The maximum absolute atomic E-state index is 12.1. The number of carbonyl (C=O) groups excluding carboxylic acids is 1. The van der Waals surface area contributed by atoms with E-state index in [1.807, 2.05) is 0 Å². The zero-order valence-electron chi connectivity index (χ0n) is 14.7. The maximum atomic E-state index is 12.1. The van der Waals surface area contributed by atoms with Crippen molar-refractivity contribution in [2.45, 2.75) is 97.0 Å². The van der Waals surface area contributed by atoms with Crippen LogP contribution in [-0.2, 0) is 4.79 Å².